The summed E-state index contributed by atoms with van der Waals surface area (Å²) in [7, 11) is -3.50. The summed E-state index contributed by atoms with van der Waals surface area (Å²) in [5.41, 5.74) is 0. The number of aliphatic hydroxyl groups is 1. The first kappa shape index (κ1) is 12.6. The van der Waals surface area contributed by atoms with Crippen LogP contribution in [0.3, 0.4) is 0 Å². The molecule has 0 aliphatic heterocycles. The van der Waals surface area contributed by atoms with Crippen LogP contribution < -0.4 is 4.72 Å². The van der Waals surface area contributed by atoms with Gasteiger partial charge in [0, 0.05) is 11.0 Å². The lowest BCUT2D eigenvalue weighted by atomic mass is 10.4. The van der Waals surface area contributed by atoms with Crippen LogP contribution in [0.5, 0.6) is 0 Å². The SMILES string of the molecule is C[C@@H](O)CNS(=O)(=O)c1ccc(Br)cc1. The molecule has 84 valence electrons. The lowest BCUT2D eigenvalue weighted by Gasteiger charge is -2.08. The Morgan fingerprint density at radius 2 is 1.93 bits per heavy atom. The molecule has 1 aromatic rings. The van der Waals surface area contributed by atoms with E-state index in [4.69, 9.17) is 5.11 Å². The van der Waals surface area contributed by atoms with E-state index in [0.717, 1.165) is 4.47 Å². The molecule has 0 unspecified atom stereocenters. The summed E-state index contributed by atoms with van der Waals surface area (Å²) in [6.45, 7) is 1.53. The van der Waals surface area contributed by atoms with Crippen molar-refractivity contribution in [1.82, 2.24) is 4.72 Å². The van der Waals surface area contributed by atoms with Crippen molar-refractivity contribution < 1.29 is 13.5 Å². The van der Waals surface area contributed by atoms with Gasteiger partial charge in [-0.2, -0.15) is 0 Å². The van der Waals surface area contributed by atoms with Gasteiger partial charge < -0.3 is 5.11 Å². The molecule has 2 N–H and O–H groups in total. The molecule has 1 atom stereocenters. The van der Waals surface area contributed by atoms with E-state index in [9.17, 15) is 8.42 Å². The Labute approximate surface area is 97.5 Å². The average Bonchev–Trinajstić information content (AvgIpc) is 2.16. The molecule has 0 spiro atoms. The smallest absolute Gasteiger partial charge is 0.240 e. The molecule has 0 saturated carbocycles. The van der Waals surface area contributed by atoms with E-state index >= 15 is 0 Å². The van der Waals surface area contributed by atoms with Gasteiger partial charge in [-0.3, -0.25) is 0 Å². The van der Waals surface area contributed by atoms with Gasteiger partial charge in [0.05, 0.1) is 11.0 Å². The van der Waals surface area contributed by atoms with E-state index in [1.54, 1.807) is 12.1 Å². The van der Waals surface area contributed by atoms with Crippen molar-refractivity contribution in [3.8, 4) is 0 Å². The van der Waals surface area contributed by atoms with Crippen LogP contribution in [-0.2, 0) is 10.0 Å². The average molecular weight is 294 g/mol. The van der Waals surface area contributed by atoms with Crippen LogP contribution in [0.2, 0.25) is 0 Å². The largest absolute Gasteiger partial charge is 0.392 e. The van der Waals surface area contributed by atoms with Crippen molar-refractivity contribution in [1.29, 1.82) is 0 Å². The quantitative estimate of drug-likeness (QED) is 0.874. The second-order valence-electron chi connectivity index (χ2n) is 3.15. The Bertz CT molecular complexity index is 413. The third-order valence-corrected chi connectivity index (χ3v) is 3.66. The molecule has 0 heterocycles. The van der Waals surface area contributed by atoms with Crippen LogP contribution in [0.15, 0.2) is 33.6 Å². The summed E-state index contributed by atoms with van der Waals surface area (Å²) in [6.07, 6.45) is -0.699. The highest BCUT2D eigenvalue weighted by Crippen LogP contribution is 2.14. The maximum absolute atomic E-state index is 11.6. The highest BCUT2D eigenvalue weighted by atomic mass is 79.9. The molecule has 1 aromatic carbocycles. The van der Waals surface area contributed by atoms with Gasteiger partial charge in [-0.15, -0.1) is 0 Å². The number of halogens is 1. The fourth-order valence-electron chi connectivity index (χ4n) is 0.927. The van der Waals surface area contributed by atoms with Crippen molar-refractivity contribution in [2.75, 3.05) is 6.54 Å². The van der Waals surface area contributed by atoms with Crippen molar-refractivity contribution >= 4 is 26.0 Å². The third kappa shape index (κ3) is 3.90. The summed E-state index contributed by atoms with van der Waals surface area (Å²) in [5, 5.41) is 8.97. The van der Waals surface area contributed by atoms with Crippen LogP contribution in [0.25, 0.3) is 0 Å². The molecule has 4 nitrogen and oxygen atoms in total. The number of aliphatic hydroxyl groups excluding tert-OH is 1. The van der Waals surface area contributed by atoms with Gasteiger partial charge in [0.15, 0.2) is 0 Å². The Hall–Kier alpha value is -0.430. The first-order chi connectivity index (χ1) is 6.92. The minimum absolute atomic E-state index is 0.0123. The van der Waals surface area contributed by atoms with Gasteiger partial charge in [-0.1, -0.05) is 15.9 Å². The second kappa shape index (κ2) is 5.07. The van der Waals surface area contributed by atoms with Crippen LogP contribution in [0.4, 0.5) is 0 Å². The Morgan fingerprint density at radius 3 is 2.40 bits per heavy atom. The number of rotatable bonds is 4. The van der Waals surface area contributed by atoms with E-state index in [1.807, 2.05) is 0 Å². The molecule has 0 radical (unpaired) electrons. The third-order valence-electron chi connectivity index (χ3n) is 1.69. The molecule has 0 fully saturated rings. The number of nitrogens with one attached hydrogen (secondary N) is 1. The predicted octanol–water partition coefficient (Wildman–Crippen LogP) is 1.11. The molecule has 1 rings (SSSR count). The highest BCUT2D eigenvalue weighted by molar-refractivity contribution is 9.10. The maximum Gasteiger partial charge on any atom is 0.240 e. The second-order valence-corrected chi connectivity index (χ2v) is 5.84. The topological polar surface area (TPSA) is 66.4 Å². The zero-order valence-corrected chi connectivity index (χ0v) is 10.5. The molecule has 15 heavy (non-hydrogen) atoms. The maximum atomic E-state index is 11.6. The summed E-state index contributed by atoms with van der Waals surface area (Å²) in [5.74, 6) is 0. The molecular formula is C9H12BrNO3S. The highest BCUT2D eigenvalue weighted by Gasteiger charge is 2.13. The van der Waals surface area contributed by atoms with Gasteiger partial charge in [0.2, 0.25) is 10.0 Å². The standard InChI is InChI=1S/C9H12BrNO3S/c1-7(12)6-11-15(13,14)9-4-2-8(10)3-5-9/h2-5,7,11-12H,6H2,1H3/t7-/m1/s1. The number of sulfonamides is 1. The van der Waals surface area contributed by atoms with E-state index in [-0.39, 0.29) is 11.4 Å². The molecule has 0 aliphatic carbocycles. The van der Waals surface area contributed by atoms with Crippen LogP contribution in [0.1, 0.15) is 6.92 Å². The van der Waals surface area contributed by atoms with E-state index in [2.05, 4.69) is 20.7 Å². The Balaban J connectivity index is 2.82. The fraction of sp³-hybridized carbons (Fsp3) is 0.333. The molecular weight excluding hydrogens is 282 g/mol. The summed E-state index contributed by atoms with van der Waals surface area (Å²) < 4.78 is 26.3. The number of hydrogen-bond donors (Lipinski definition) is 2. The van der Waals surface area contributed by atoms with Gasteiger partial charge >= 0.3 is 0 Å². The lowest BCUT2D eigenvalue weighted by Crippen LogP contribution is -2.30. The van der Waals surface area contributed by atoms with Crippen LogP contribution in [0, 0.1) is 0 Å². The van der Waals surface area contributed by atoms with Crippen molar-refractivity contribution in [2.45, 2.75) is 17.9 Å². The summed E-state index contributed by atoms with van der Waals surface area (Å²) >= 11 is 3.22. The summed E-state index contributed by atoms with van der Waals surface area (Å²) in [6, 6.07) is 6.29. The van der Waals surface area contributed by atoms with E-state index in [0.29, 0.717) is 0 Å². The van der Waals surface area contributed by atoms with Crippen LogP contribution >= 0.6 is 15.9 Å². The van der Waals surface area contributed by atoms with Gasteiger partial charge in [0.1, 0.15) is 0 Å². The number of benzene rings is 1. The zero-order chi connectivity index (χ0) is 11.5. The molecule has 0 aromatic heterocycles. The molecule has 0 bridgehead atoms. The molecule has 6 heteroatoms. The van der Waals surface area contributed by atoms with E-state index < -0.39 is 16.1 Å². The van der Waals surface area contributed by atoms with Gasteiger partial charge in [-0.05, 0) is 31.2 Å². The fourth-order valence-corrected chi connectivity index (χ4v) is 2.31. The van der Waals surface area contributed by atoms with E-state index in [1.165, 1.54) is 19.1 Å². The molecule has 0 saturated heterocycles. The molecule has 0 aliphatic rings. The van der Waals surface area contributed by atoms with Crippen molar-refractivity contribution in [3.63, 3.8) is 0 Å². The van der Waals surface area contributed by atoms with Gasteiger partial charge in [0.25, 0.3) is 0 Å². The monoisotopic (exact) mass is 293 g/mol. The van der Waals surface area contributed by atoms with Crippen molar-refractivity contribution in [2.24, 2.45) is 0 Å². The lowest BCUT2D eigenvalue weighted by molar-refractivity contribution is 0.198. The Kier molecular flexibility index (Phi) is 4.27. The number of hydrogen-bond acceptors (Lipinski definition) is 3. The van der Waals surface area contributed by atoms with Gasteiger partial charge in [-0.25, -0.2) is 13.1 Å². The normalized spacial score (nSPS) is 13.8. The first-order valence-corrected chi connectivity index (χ1v) is 6.63. The zero-order valence-electron chi connectivity index (χ0n) is 8.14. The van der Waals surface area contributed by atoms with Crippen LogP contribution in [-0.4, -0.2) is 26.2 Å². The van der Waals surface area contributed by atoms with Crippen molar-refractivity contribution in [3.05, 3.63) is 28.7 Å². The first-order valence-electron chi connectivity index (χ1n) is 4.35. The minimum atomic E-state index is -3.50. The Morgan fingerprint density at radius 1 is 1.40 bits per heavy atom. The predicted molar refractivity (Wildman–Crippen MR) is 61.0 cm³/mol. The summed E-state index contributed by atoms with van der Waals surface area (Å²) in [4.78, 5) is 0.186. The molecule has 0 amide bonds. The minimum Gasteiger partial charge on any atom is -0.392 e.